The van der Waals surface area contributed by atoms with Gasteiger partial charge in [0.2, 0.25) is 0 Å². The molecule has 254 valence electrons. The van der Waals surface area contributed by atoms with Crippen molar-refractivity contribution in [3.8, 4) is 22.3 Å². The Kier molecular flexibility index (Phi) is 13.7. The molecule has 0 spiro atoms. The molecule has 3 aromatic rings. The molecule has 47 heavy (non-hydrogen) atoms. The van der Waals surface area contributed by atoms with Crippen molar-refractivity contribution >= 4 is 5.57 Å². The summed E-state index contributed by atoms with van der Waals surface area (Å²) in [6, 6.07) is 16.3. The number of halogens is 3. The van der Waals surface area contributed by atoms with Crippen LogP contribution in [0.5, 0.6) is 0 Å². The molecule has 0 amide bonds. The van der Waals surface area contributed by atoms with Crippen LogP contribution in [0.1, 0.15) is 141 Å². The van der Waals surface area contributed by atoms with E-state index in [2.05, 4.69) is 19.9 Å². The van der Waals surface area contributed by atoms with Crippen molar-refractivity contribution in [3.63, 3.8) is 0 Å². The summed E-state index contributed by atoms with van der Waals surface area (Å²) in [6.45, 7) is 4.49. The first-order valence-electron chi connectivity index (χ1n) is 19.0. The van der Waals surface area contributed by atoms with E-state index in [1.807, 2.05) is 24.3 Å². The number of rotatable bonds is 16. The zero-order chi connectivity index (χ0) is 33.0. The van der Waals surface area contributed by atoms with Gasteiger partial charge in [-0.15, -0.1) is 0 Å². The lowest BCUT2D eigenvalue weighted by molar-refractivity contribution is 0.187. The highest BCUT2D eigenvalue weighted by molar-refractivity contribution is 5.74. The second kappa shape index (κ2) is 18.1. The van der Waals surface area contributed by atoms with Crippen LogP contribution in [0.3, 0.4) is 0 Å². The molecule has 0 nitrogen and oxygen atoms in total. The smallest absolute Gasteiger partial charge is 0.166 e. The molecule has 3 aromatic carbocycles. The maximum Gasteiger partial charge on any atom is 0.166 e. The summed E-state index contributed by atoms with van der Waals surface area (Å²) in [4.78, 5) is 0. The van der Waals surface area contributed by atoms with Gasteiger partial charge in [-0.25, -0.2) is 13.2 Å². The minimum atomic E-state index is -0.785. The third-order valence-electron chi connectivity index (χ3n) is 11.3. The van der Waals surface area contributed by atoms with Gasteiger partial charge in [0.15, 0.2) is 11.6 Å². The van der Waals surface area contributed by atoms with Crippen molar-refractivity contribution in [3.05, 3.63) is 89.3 Å². The van der Waals surface area contributed by atoms with Crippen LogP contribution in [-0.4, -0.2) is 0 Å². The first kappa shape index (κ1) is 35.5. The third kappa shape index (κ3) is 9.64. The van der Waals surface area contributed by atoms with Gasteiger partial charge in [-0.3, -0.25) is 0 Å². The molecular formula is C44H57F3. The summed E-state index contributed by atoms with van der Waals surface area (Å²) in [5.74, 6) is 0.819. The van der Waals surface area contributed by atoms with Gasteiger partial charge in [-0.2, -0.15) is 0 Å². The van der Waals surface area contributed by atoms with Gasteiger partial charge in [0.1, 0.15) is 5.82 Å². The average molecular weight is 643 g/mol. The van der Waals surface area contributed by atoms with Crippen LogP contribution in [0, 0.1) is 35.2 Å². The van der Waals surface area contributed by atoms with Crippen LogP contribution in [0.2, 0.25) is 0 Å². The van der Waals surface area contributed by atoms with Crippen LogP contribution >= 0.6 is 0 Å². The van der Waals surface area contributed by atoms with E-state index in [1.165, 1.54) is 77.0 Å². The number of hydrogen-bond acceptors (Lipinski definition) is 0. The number of hydrogen-bond donors (Lipinski definition) is 0. The van der Waals surface area contributed by atoms with Gasteiger partial charge in [0.25, 0.3) is 0 Å². The van der Waals surface area contributed by atoms with Crippen LogP contribution < -0.4 is 0 Å². The highest BCUT2D eigenvalue weighted by Gasteiger charge is 2.29. The first-order valence-corrected chi connectivity index (χ1v) is 19.0. The fourth-order valence-corrected chi connectivity index (χ4v) is 8.23. The minimum absolute atomic E-state index is 0.187. The Hall–Kier alpha value is -2.81. The second-order valence-electron chi connectivity index (χ2n) is 14.6. The molecule has 1 unspecified atom stereocenters. The predicted octanol–water partition coefficient (Wildman–Crippen LogP) is 14.3. The predicted molar refractivity (Wildman–Crippen MR) is 194 cm³/mol. The molecule has 0 heterocycles. The van der Waals surface area contributed by atoms with Gasteiger partial charge in [-0.05, 0) is 96.6 Å². The second-order valence-corrected chi connectivity index (χ2v) is 14.6. The van der Waals surface area contributed by atoms with E-state index in [0.717, 1.165) is 78.5 Å². The molecule has 0 saturated heterocycles. The largest absolute Gasteiger partial charge is 0.206 e. The molecule has 2 aliphatic rings. The molecule has 1 saturated carbocycles. The molecule has 5 rings (SSSR count). The Morgan fingerprint density at radius 1 is 0.574 bits per heavy atom. The summed E-state index contributed by atoms with van der Waals surface area (Å²) < 4.78 is 45.6. The van der Waals surface area contributed by atoms with Crippen molar-refractivity contribution in [2.24, 2.45) is 17.8 Å². The van der Waals surface area contributed by atoms with Crippen molar-refractivity contribution in [1.82, 2.24) is 0 Å². The molecule has 0 aliphatic heterocycles. The average Bonchev–Trinajstić information content (AvgIpc) is 3.10. The number of allylic oxidation sites excluding steroid dienone is 2. The minimum Gasteiger partial charge on any atom is -0.206 e. The van der Waals surface area contributed by atoms with E-state index in [-0.39, 0.29) is 11.4 Å². The maximum absolute atomic E-state index is 15.5. The van der Waals surface area contributed by atoms with E-state index in [1.54, 1.807) is 30.3 Å². The summed E-state index contributed by atoms with van der Waals surface area (Å²) in [5, 5.41) is 0. The van der Waals surface area contributed by atoms with Gasteiger partial charge >= 0.3 is 0 Å². The van der Waals surface area contributed by atoms with Crippen LogP contribution in [0.25, 0.3) is 27.8 Å². The number of benzene rings is 3. The van der Waals surface area contributed by atoms with E-state index in [9.17, 15) is 4.39 Å². The van der Waals surface area contributed by atoms with Crippen LogP contribution in [0.4, 0.5) is 13.2 Å². The van der Waals surface area contributed by atoms with Gasteiger partial charge in [0, 0.05) is 11.1 Å². The molecule has 0 N–H and O–H groups in total. The normalized spacial score (nSPS) is 19.9. The van der Waals surface area contributed by atoms with Crippen molar-refractivity contribution in [1.29, 1.82) is 0 Å². The zero-order valence-electron chi connectivity index (χ0n) is 29.1. The SMILES string of the molecule is CCCCCCCCCc1ccc(-c2ccc(-c3ccc(C4=CCC(C5CCC(CCCCC)CC5)CC4)c(F)c3)cc2)c(F)c1F. The van der Waals surface area contributed by atoms with Gasteiger partial charge in [-0.1, -0.05) is 146 Å². The van der Waals surface area contributed by atoms with E-state index < -0.39 is 11.6 Å². The number of unbranched alkanes of at least 4 members (excludes halogenated alkanes) is 8. The Balaban J connectivity index is 1.15. The lowest BCUT2D eigenvalue weighted by Gasteiger charge is -2.35. The first-order chi connectivity index (χ1) is 23.0. The Morgan fingerprint density at radius 2 is 1.21 bits per heavy atom. The van der Waals surface area contributed by atoms with Crippen LogP contribution in [-0.2, 0) is 6.42 Å². The number of aryl methyl sites for hydroxylation is 1. The molecule has 0 bridgehead atoms. The Labute approximate surface area is 283 Å². The van der Waals surface area contributed by atoms with E-state index >= 15 is 8.78 Å². The lowest BCUT2D eigenvalue weighted by Crippen LogP contribution is -2.23. The van der Waals surface area contributed by atoms with E-state index in [0.29, 0.717) is 17.5 Å². The summed E-state index contributed by atoms with van der Waals surface area (Å²) in [5.41, 5.74) is 4.85. The zero-order valence-corrected chi connectivity index (χ0v) is 29.1. The Morgan fingerprint density at radius 3 is 1.89 bits per heavy atom. The quantitative estimate of drug-likeness (QED) is 0.136. The fraction of sp³-hybridized carbons (Fsp3) is 0.545. The summed E-state index contributed by atoms with van der Waals surface area (Å²) >= 11 is 0. The van der Waals surface area contributed by atoms with Crippen molar-refractivity contribution < 1.29 is 13.2 Å². The highest BCUT2D eigenvalue weighted by Crippen LogP contribution is 2.43. The molecule has 1 fully saturated rings. The molecule has 0 radical (unpaired) electrons. The van der Waals surface area contributed by atoms with E-state index in [4.69, 9.17) is 0 Å². The molecular weight excluding hydrogens is 585 g/mol. The third-order valence-corrected chi connectivity index (χ3v) is 11.3. The standard InChI is InChI=1S/C44H57F3/c1-3-5-7-8-9-10-12-14-38-27-30-41(44(47)43(38)46)37-25-21-35(22-26-37)39-28-29-40(42(45)31-39)36-23-19-34(20-24-36)33-17-15-32(16-18-33)13-11-6-4-2/h21-23,25-34H,3-20,24H2,1-2H3. The van der Waals surface area contributed by atoms with Crippen LogP contribution in [0.15, 0.2) is 60.7 Å². The van der Waals surface area contributed by atoms with Crippen molar-refractivity contribution in [2.45, 2.75) is 136 Å². The molecule has 1 atom stereocenters. The fourth-order valence-electron chi connectivity index (χ4n) is 8.23. The molecule has 0 aromatic heterocycles. The summed E-state index contributed by atoms with van der Waals surface area (Å²) in [7, 11) is 0. The monoisotopic (exact) mass is 642 g/mol. The highest BCUT2D eigenvalue weighted by atomic mass is 19.2. The topological polar surface area (TPSA) is 0 Å². The van der Waals surface area contributed by atoms with Gasteiger partial charge in [0.05, 0.1) is 0 Å². The lowest BCUT2D eigenvalue weighted by atomic mass is 9.70. The molecule has 3 heteroatoms. The summed E-state index contributed by atoms with van der Waals surface area (Å²) in [6.07, 6.45) is 25.1. The van der Waals surface area contributed by atoms with Gasteiger partial charge < -0.3 is 0 Å². The maximum atomic E-state index is 15.5. The van der Waals surface area contributed by atoms with Crippen molar-refractivity contribution in [2.75, 3.05) is 0 Å². The molecule has 2 aliphatic carbocycles. The Bertz CT molecular complexity index is 1430.